The zero-order chi connectivity index (χ0) is 15.4. The SMILES string of the molecule is CCNc1c(C(=O)c2ccccc2)ccc(O)c1[N+](=O)[O-]. The Morgan fingerprint density at radius 2 is 1.90 bits per heavy atom. The summed E-state index contributed by atoms with van der Waals surface area (Å²) in [6, 6.07) is 11.0. The van der Waals surface area contributed by atoms with Crippen LogP contribution in [-0.2, 0) is 0 Å². The van der Waals surface area contributed by atoms with Crippen LogP contribution >= 0.6 is 0 Å². The number of phenols is 1. The lowest BCUT2D eigenvalue weighted by molar-refractivity contribution is -0.385. The molecular formula is C15H14N2O4. The predicted octanol–water partition coefficient (Wildman–Crippen LogP) is 2.96. The van der Waals surface area contributed by atoms with Gasteiger partial charge in [0, 0.05) is 12.1 Å². The van der Waals surface area contributed by atoms with Gasteiger partial charge >= 0.3 is 5.69 Å². The first-order chi connectivity index (χ1) is 10.1. The molecule has 0 aliphatic rings. The standard InChI is InChI=1S/C15H14N2O4/c1-2-16-13-11(8-9-12(18)14(13)17(20)21)15(19)10-6-4-3-5-7-10/h3-9,16,18H,2H2,1H3. The van der Waals surface area contributed by atoms with E-state index in [1.54, 1.807) is 37.3 Å². The Kier molecular flexibility index (Phi) is 4.18. The Hall–Kier alpha value is -2.89. The molecular weight excluding hydrogens is 272 g/mol. The zero-order valence-corrected chi connectivity index (χ0v) is 11.4. The molecule has 0 spiro atoms. The highest BCUT2D eigenvalue weighted by molar-refractivity contribution is 6.13. The number of rotatable bonds is 5. The van der Waals surface area contributed by atoms with Crippen molar-refractivity contribution in [3.05, 3.63) is 63.7 Å². The second kappa shape index (κ2) is 6.04. The molecule has 2 aromatic carbocycles. The van der Waals surface area contributed by atoms with E-state index in [2.05, 4.69) is 5.32 Å². The first kappa shape index (κ1) is 14.5. The molecule has 0 saturated heterocycles. The number of nitrogens with zero attached hydrogens (tertiary/aromatic N) is 1. The summed E-state index contributed by atoms with van der Waals surface area (Å²) < 4.78 is 0. The summed E-state index contributed by atoms with van der Waals surface area (Å²) in [5.74, 6) is -0.810. The topological polar surface area (TPSA) is 92.5 Å². The van der Waals surface area contributed by atoms with Crippen LogP contribution in [-0.4, -0.2) is 22.4 Å². The minimum absolute atomic E-state index is 0.0383. The van der Waals surface area contributed by atoms with E-state index < -0.39 is 16.4 Å². The Morgan fingerprint density at radius 1 is 1.24 bits per heavy atom. The number of hydrogen-bond donors (Lipinski definition) is 2. The molecule has 0 unspecified atom stereocenters. The van der Waals surface area contributed by atoms with Gasteiger partial charge in [-0.25, -0.2) is 0 Å². The highest BCUT2D eigenvalue weighted by Crippen LogP contribution is 2.37. The molecule has 6 heteroatoms. The van der Waals surface area contributed by atoms with Crippen LogP contribution in [0.4, 0.5) is 11.4 Å². The van der Waals surface area contributed by atoms with Crippen LogP contribution in [0.1, 0.15) is 22.8 Å². The van der Waals surface area contributed by atoms with Crippen molar-refractivity contribution in [2.75, 3.05) is 11.9 Å². The van der Waals surface area contributed by atoms with Crippen molar-refractivity contribution < 1.29 is 14.8 Å². The predicted molar refractivity (Wildman–Crippen MR) is 78.8 cm³/mol. The Labute approximate surface area is 121 Å². The first-order valence-electron chi connectivity index (χ1n) is 6.40. The van der Waals surface area contributed by atoms with Crippen LogP contribution in [0, 0.1) is 10.1 Å². The van der Waals surface area contributed by atoms with Crippen molar-refractivity contribution in [1.29, 1.82) is 0 Å². The molecule has 6 nitrogen and oxygen atoms in total. The van der Waals surface area contributed by atoms with Gasteiger partial charge in [-0.05, 0) is 19.1 Å². The van der Waals surface area contributed by atoms with Gasteiger partial charge in [-0.15, -0.1) is 0 Å². The summed E-state index contributed by atoms with van der Waals surface area (Å²) in [6.45, 7) is 2.14. The van der Waals surface area contributed by atoms with E-state index >= 15 is 0 Å². The van der Waals surface area contributed by atoms with Crippen molar-refractivity contribution in [1.82, 2.24) is 0 Å². The average Bonchev–Trinajstić information content (AvgIpc) is 2.48. The molecule has 0 fully saturated rings. The fourth-order valence-electron chi connectivity index (χ4n) is 2.05. The molecule has 0 aromatic heterocycles. The molecule has 2 N–H and O–H groups in total. The quantitative estimate of drug-likeness (QED) is 0.501. The highest BCUT2D eigenvalue weighted by Gasteiger charge is 2.26. The van der Waals surface area contributed by atoms with Gasteiger partial charge < -0.3 is 10.4 Å². The van der Waals surface area contributed by atoms with E-state index in [1.807, 2.05) is 0 Å². The normalized spacial score (nSPS) is 10.1. The lowest BCUT2D eigenvalue weighted by atomic mass is 10.00. The number of carbonyl (C=O) groups is 1. The van der Waals surface area contributed by atoms with Gasteiger partial charge in [0.1, 0.15) is 5.69 Å². The number of phenolic OH excluding ortho intramolecular Hbond substituents is 1. The molecule has 0 aliphatic heterocycles. The number of hydrogen-bond acceptors (Lipinski definition) is 5. The van der Waals surface area contributed by atoms with Crippen molar-refractivity contribution >= 4 is 17.2 Å². The summed E-state index contributed by atoms with van der Waals surface area (Å²) in [7, 11) is 0. The number of aromatic hydroxyl groups is 1. The van der Waals surface area contributed by atoms with Crippen LogP contribution in [0.2, 0.25) is 0 Å². The number of carbonyl (C=O) groups excluding carboxylic acids is 1. The number of ketones is 1. The minimum Gasteiger partial charge on any atom is -0.502 e. The number of nitro benzene ring substituents is 1. The lowest BCUT2D eigenvalue weighted by Gasteiger charge is -2.11. The third kappa shape index (κ3) is 2.84. The molecule has 0 atom stereocenters. The summed E-state index contributed by atoms with van der Waals surface area (Å²) in [4.78, 5) is 22.9. The third-order valence-corrected chi connectivity index (χ3v) is 2.97. The molecule has 0 amide bonds. The maximum Gasteiger partial charge on any atom is 0.334 e. The smallest absolute Gasteiger partial charge is 0.334 e. The van der Waals surface area contributed by atoms with Crippen LogP contribution in [0.15, 0.2) is 42.5 Å². The van der Waals surface area contributed by atoms with E-state index in [1.165, 1.54) is 6.07 Å². The van der Waals surface area contributed by atoms with Crippen molar-refractivity contribution in [3.8, 4) is 5.75 Å². The van der Waals surface area contributed by atoms with E-state index in [-0.39, 0.29) is 17.0 Å². The van der Waals surface area contributed by atoms with Gasteiger partial charge in [-0.3, -0.25) is 14.9 Å². The molecule has 0 aliphatic carbocycles. The second-order valence-corrected chi connectivity index (χ2v) is 4.34. The number of anilines is 1. The largest absolute Gasteiger partial charge is 0.502 e. The highest BCUT2D eigenvalue weighted by atomic mass is 16.6. The summed E-state index contributed by atoms with van der Waals surface area (Å²) in [6.07, 6.45) is 0. The molecule has 0 saturated carbocycles. The van der Waals surface area contributed by atoms with E-state index in [0.29, 0.717) is 12.1 Å². The Balaban J connectivity index is 2.61. The van der Waals surface area contributed by atoms with Crippen LogP contribution in [0.3, 0.4) is 0 Å². The molecule has 21 heavy (non-hydrogen) atoms. The van der Waals surface area contributed by atoms with E-state index in [4.69, 9.17) is 0 Å². The fourth-order valence-corrected chi connectivity index (χ4v) is 2.05. The van der Waals surface area contributed by atoms with Gasteiger partial charge in [0.15, 0.2) is 11.5 Å². The summed E-state index contributed by atoms with van der Waals surface area (Å²) in [5, 5.41) is 23.6. The van der Waals surface area contributed by atoms with Gasteiger partial charge in [0.2, 0.25) is 0 Å². The maximum atomic E-state index is 12.5. The Bertz CT molecular complexity index is 684. The number of nitro groups is 1. The number of nitrogens with one attached hydrogen (secondary N) is 1. The van der Waals surface area contributed by atoms with Crippen molar-refractivity contribution in [2.24, 2.45) is 0 Å². The first-order valence-corrected chi connectivity index (χ1v) is 6.40. The van der Waals surface area contributed by atoms with Gasteiger partial charge in [0.25, 0.3) is 0 Å². The Morgan fingerprint density at radius 3 is 2.48 bits per heavy atom. The van der Waals surface area contributed by atoms with Gasteiger partial charge in [-0.1, -0.05) is 30.3 Å². The summed E-state index contributed by atoms with van der Waals surface area (Å²) in [5.41, 5.74) is 0.138. The average molecular weight is 286 g/mol. The molecule has 0 radical (unpaired) electrons. The van der Waals surface area contributed by atoms with E-state index in [9.17, 15) is 20.0 Å². The fraction of sp³-hybridized carbons (Fsp3) is 0.133. The molecule has 2 aromatic rings. The van der Waals surface area contributed by atoms with Crippen LogP contribution in [0.25, 0.3) is 0 Å². The minimum atomic E-state index is -0.699. The maximum absolute atomic E-state index is 12.5. The van der Waals surface area contributed by atoms with Crippen molar-refractivity contribution in [2.45, 2.75) is 6.92 Å². The van der Waals surface area contributed by atoms with Crippen LogP contribution < -0.4 is 5.32 Å². The molecule has 108 valence electrons. The molecule has 2 rings (SSSR count). The summed E-state index contributed by atoms with van der Waals surface area (Å²) >= 11 is 0. The van der Waals surface area contributed by atoms with Gasteiger partial charge in [0.05, 0.1) is 10.5 Å². The van der Waals surface area contributed by atoms with E-state index in [0.717, 1.165) is 6.07 Å². The monoisotopic (exact) mass is 286 g/mol. The zero-order valence-electron chi connectivity index (χ0n) is 11.4. The third-order valence-electron chi connectivity index (χ3n) is 2.97. The second-order valence-electron chi connectivity index (χ2n) is 4.34. The number of benzene rings is 2. The molecule has 0 bridgehead atoms. The lowest BCUT2D eigenvalue weighted by Crippen LogP contribution is -2.10. The van der Waals surface area contributed by atoms with Crippen LogP contribution in [0.5, 0.6) is 5.75 Å². The van der Waals surface area contributed by atoms with Crippen molar-refractivity contribution in [3.63, 3.8) is 0 Å². The van der Waals surface area contributed by atoms with Gasteiger partial charge in [-0.2, -0.15) is 0 Å². The molecule has 0 heterocycles.